The molecular weight excluding hydrogens is 339 g/mol. The largest absolute Gasteiger partial charge is 0.444 e. The number of nitrogens with zero attached hydrogens (tertiary/aromatic N) is 1. The van der Waals surface area contributed by atoms with Gasteiger partial charge in [-0.15, -0.1) is 0 Å². The molecule has 0 bridgehead atoms. The van der Waals surface area contributed by atoms with E-state index < -0.39 is 17.8 Å². The zero-order valence-electron chi connectivity index (χ0n) is 15.5. The van der Waals surface area contributed by atoms with Crippen LogP contribution in [-0.4, -0.2) is 47.7 Å². The highest BCUT2D eigenvalue weighted by Gasteiger charge is 2.24. The van der Waals surface area contributed by atoms with Crippen LogP contribution in [0.1, 0.15) is 48.4 Å². The number of benzene rings is 1. The number of nitrogens with one attached hydrogen (secondary N) is 1. The van der Waals surface area contributed by atoms with E-state index in [9.17, 15) is 19.1 Å². The van der Waals surface area contributed by atoms with Crippen molar-refractivity contribution in [2.45, 2.75) is 38.9 Å². The Balaban J connectivity index is 2.08. The number of carbonyl (C=O) groups excluding carboxylic acids is 2. The SMILES string of the molecule is CN1CCc2cc(C(O)/C(=C\F)CNC(=O)OC(C)(C)C)ccc2C1=O. The summed E-state index contributed by atoms with van der Waals surface area (Å²) in [6.07, 6.45) is -0.971. The number of hydrogen-bond acceptors (Lipinski definition) is 4. The van der Waals surface area contributed by atoms with Gasteiger partial charge in [-0.25, -0.2) is 9.18 Å². The number of fused-ring (bicyclic) bond motifs is 1. The van der Waals surface area contributed by atoms with Crippen LogP contribution in [0.2, 0.25) is 0 Å². The molecule has 2 rings (SSSR count). The first-order valence-corrected chi connectivity index (χ1v) is 8.44. The molecule has 1 heterocycles. The van der Waals surface area contributed by atoms with Gasteiger partial charge in [-0.3, -0.25) is 4.79 Å². The molecule has 0 radical (unpaired) electrons. The lowest BCUT2D eigenvalue weighted by Gasteiger charge is -2.26. The highest BCUT2D eigenvalue weighted by molar-refractivity contribution is 5.96. The quantitative estimate of drug-likeness (QED) is 0.861. The van der Waals surface area contributed by atoms with Crippen LogP contribution < -0.4 is 5.32 Å². The van der Waals surface area contributed by atoms with Crippen molar-refractivity contribution in [1.29, 1.82) is 0 Å². The zero-order valence-corrected chi connectivity index (χ0v) is 15.5. The first kappa shape index (κ1) is 19.9. The Morgan fingerprint density at radius 2 is 2.15 bits per heavy atom. The minimum absolute atomic E-state index is 0.00457. The topological polar surface area (TPSA) is 78.9 Å². The third kappa shape index (κ3) is 4.82. The van der Waals surface area contributed by atoms with Crippen molar-refractivity contribution in [2.24, 2.45) is 0 Å². The van der Waals surface area contributed by atoms with Gasteiger partial charge in [-0.1, -0.05) is 12.1 Å². The molecule has 2 N–H and O–H groups in total. The number of amides is 2. The van der Waals surface area contributed by atoms with Crippen LogP contribution in [0.3, 0.4) is 0 Å². The Labute approximate surface area is 152 Å². The van der Waals surface area contributed by atoms with E-state index in [0.717, 1.165) is 5.56 Å². The normalized spacial score (nSPS) is 16.2. The van der Waals surface area contributed by atoms with Crippen molar-refractivity contribution >= 4 is 12.0 Å². The smallest absolute Gasteiger partial charge is 0.407 e. The van der Waals surface area contributed by atoms with Crippen molar-refractivity contribution in [2.75, 3.05) is 20.1 Å². The summed E-state index contributed by atoms with van der Waals surface area (Å²) in [5, 5.41) is 12.9. The fourth-order valence-corrected chi connectivity index (χ4v) is 2.69. The third-order valence-corrected chi connectivity index (χ3v) is 4.07. The second kappa shape index (κ2) is 7.86. The summed E-state index contributed by atoms with van der Waals surface area (Å²) in [6, 6.07) is 4.95. The number of ether oxygens (including phenoxy) is 1. The van der Waals surface area contributed by atoms with E-state index in [1.165, 1.54) is 0 Å². The van der Waals surface area contributed by atoms with Crippen LogP contribution in [0, 0.1) is 0 Å². The van der Waals surface area contributed by atoms with E-state index in [2.05, 4.69) is 5.32 Å². The maximum Gasteiger partial charge on any atom is 0.407 e. The number of carbonyl (C=O) groups is 2. The fraction of sp³-hybridized carbons (Fsp3) is 0.474. The Bertz CT molecular complexity index is 725. The lowest BCUT2D eigenvalue weighted by molar-refractivity contribution is 0.0529. The zero-order chi connectivity index (χ0) is 19.5. The van der Waals surface area contributed by atoms with Gasteiger partial charge in [0.25, 0.3) is 5.91 Å². The highest BCUT2D eigenvalue weighted by Crippen LogP contribution is 2.26. The molecule has 0 spiro atoms. The number of aliphatic hydroxyl groups is 1. The summed E-state index contributed by atoms with van der Waals surface area (Å²) in [4.78, 5) is 25.4. The minimum atomic E-state index is -1.23. The molecule has 26 heavy (non-hydrogen) atoms. The molecule has 142 valence electrons. The number of aliphatic hydroxyl groups excluding tert-OH is 1. The highest BCUT2D eigenvalue weighted by atomic mass is 19.1. The average Bonchev–Trinajstić information content (AvgIpc) is 2.56. The van der Waals surface area contributed by atoms with Gasteiger partial charge in [0.05, 0.1) is 6.33 Å². The van der Waals surface area contributed by atoms with Gasteiger partial charge in [0.1, 0.15) is 11.7 Å². The summed E-state index contributed by atoms with van der Waals surface area (Å²) in [5.74, 6) is -0.0693. The van der Waals surface area contributed by atoms with Gasteiger partial charge in [0, 0.05) is 31.3 Å². The average molecular weight is 364 g/mol. The van der Waals surface area contributed by atoms with Crippen molar-refractivity contribution < 1.29 is 23.8 Å². The van der Waals surface area contributed by atoms with E-state index in [1.807, 2.05) is 0 Å². The Morgan fingerprint density at radius 3 is 2.77 bits per heavy atom. The van der Waals surface area contributed by atoms with E-state index >= 15 is 0 Å². The maximum atomic E-state index is 13.3. The van der Waals surface area contributed by atoms with Crippen molar-refractivity contribution in [3.63, 3.8) is 0 Å². The lowest BCUT2D eigenvalue weighted by Crippen LogP contribution is -2.34. The number of rotatable bonds is 4. The Kier molecular flexibility index (Phi) is 6.02. The molecule has 0 aromatic heterocycles. The minimum Gasteiger partial charge on any atom is -0.444 e. The molecule has 1 unspecified atom stereocenters. The molecular formula is C19H25FN2O4. The van der Waals surface area contributed by atoms with Crippen LogP contribution in [0.15, 0.2) is 30.1 Å². The van der Waals surface area contributed by atoms with Crippen LogP contribution >= 0.6 is 0 Å². The first-order valence-electron chi connectivity index (χ1n) is 8.44. The summed E-state index contributed by atoms with van der Waals surface area (Å²) < 4.78 is 18.4. The van der Waals surface area contributed by atoms with Gasteiger partial charge >= 0.3 is 6.09 Å². The predicted molar refractivity (Wildman–Crippen MR) is 95.5 cm³/mol. The standard InChI is InChI=1S/C19H25FN2O4/c1-19(2,3)26-18(25)21-11-14(10-20)16(23)13-5-6-15-12(9-13)7-8-22(4)17(15)24/h5-6,9-10,16,23H,7-8,11H2,1-4H3,(H,21,25)/b14-10-. The van der Waals surface area contributed by atoms with Crippen molar-refractivity contribution in [1.82, 2.24) is 10.2 Å². The second-order valence-corrected chi connectivity index (χ2v) is 7.34. The van der Waals surface area contributed by atoms with E-state index in [0.29, 0.717) is 24.1 Å². The summed E-state index contributed by atoms with van der Waals surface area (Å²) in [6.45, 7) is 5.57. The Hall–Kier alpha value is -2.41. The van der Waals surface area contributed by atoms with E-state index in [4.69, 9.17) is 4.74 Å². The molecule has 0 fully saturated rings. The molecule has 1 aromatic rings. The van der Waals surface area contributed by atoms with E-state index in [-0.39, 0.29) is 24.4 Å². The molecule has 0 aliphatic carbocycles. The number of hydrogen-bond donors (Lipinski definition) is 2. The molecule has 1 aromatic carbocycles. The summed E-state index contributed by atoms with van der Waals surface area (Å²) >= 11 is 0. The molecule has 0 saturated heterocycles. The monoisotopic (exact) mass is 364 g/mol. The van der Waals surface area contributed by atoms with Gasteiger partial charge in [0.15, 0.2) is 0 Å². The summed E-state index contributed by atoms with van der Waals surface area (Å²) in [7, 11) is 1.74. The molecule has 6 nitrogen and oxygen atoms in total. The van der Waals surface area contributed by atoms with Crippen molar-refractivity contribution in [3.8, 4) is 0 Å². The predicted octanol–water partition coefficient (Wildman–Crippen LogP) is 2.73. The van der Waals surface area contributed by atoms with Gasteiger partial charge < -0.3 is 20.1 Å². The van der Waals surface area contributed by atoms with Crippen LogP contribution in [0.25, 0.3) is 0 Å². The molecule has 0 saturated carbocycles. The van der Waals surface area contributed by atoms with Gasteiger partial charge in [0.2, 0.25) is 0 Å². The second-order valence-electron chi connectivity index (χ2n) is 7.34. The van der Waals surface area contributed by atoms with Gasteiger partial charge in [-0.2, -0.15) is 0 Å². The maximum absolute atomic E-state index is 13.3. The molecule has 1 aliphatic rings. The first-order chi connectivity index (χ1) is 12.1. The third-order valence-electron chi connectivity index (χ3n) is 4.07. The molecule has 1 atom stereocenters. The van der Waals surface area contributed by atoms with Crippen LogP contribution in [0.5, 0.6) is 0 Å². The molecule has 2 amide bonds. The lowest BCUT2D eigenvalue weighted by atomic mass is 9.93. The molecule has 1 aliphatic heterocycles. The van der Waals surface area contributed by atoms with Gasteiger partial charge in [-0.05, 0) is 44.4 Å². The molecule has 7 heteroatoms. The number of alkyl carbamates (subject to hydrolysis) is 1. The van der Waals surface area contributed by atoms with Crippen molar-refractivity contribution in [3.05, 3.63) is 46.8 Å². The van der Waals surface area contributed by atoms with E-state index in [1.54, 1.807) is 50.9 Å². The van der Waals surface area contributed by atoms with Crippen LogP contribution in [-0.2, 0) is 11.2 Å². The number of halogens is 1. The summed E-state index contributed by atoms with van der Waals surface area (Å²) in [5.41, 5.74) is 1.21. The van der Waals surface area contributed by atoms with Crippen LogP contribution in [0.4, 0.5) is 9.18 Å². The fourth-order valence-electron chi connectivity index (χ4n) is 2.69. The Morgan fingerprint density at radius 1 is 1.46 bits per heavy atom. The number of likely N-dealkylation sites (N-methyl/N-ethyl adjacent to an activating group) is 1.